The minimum Gasteiger partial charge on any atom is -0.487 e. The average Bonchev–Trinajstić information content (AvgIpc) is 2.30. The first-order valence-electron chi connectivity index (χ1n) is 5.34. The van der Waals surface area contributed by atoms with Crippen LogP contribution in [0.1, 0.15) is 12.5 Å². The van der Waals surface area contributed by atoms with E-state index in [2.05, 4.69) is 0 Å². The maximum atomic E-state index is 10.8. The molecule has 3 N–H and O–H groups in total. The molecule has 1 rings (SSSR count). The zero-order valence-electron chi connectivity index (χ0n) is 9.83. The third-order valence-electron chi connectivity index (χ3n) is 2.29. The molecule has 7 nitrogen and oxygen atoms in total. The zero-order chi connectivity index (χ0) is 13.7. The van der Waals surface area contributed by atoms with Crippen molar-refractivity contribution in [2.45, 2.75) is 19.4 Å². The average molecular weight is 254 g/mol. The monoisotopic (exact) mass is 254 g/mol. The highest BCUT2D eigenvalue weighted by Gasteiger charge is 2.18. The van der Waals surface area contributed by atoms with Crippen LogP contribution >= 0.6 is 0 Å². The standard InChI is InChI=1S/C11H14N2O5/c1-2-18-10-4-3-7(5-8(12)11(14)15)6-9(10)13(16)17/h3-4,6,8H,2,5,12H2,1H3,(H,14,15). The summed E-state index contributed by atoms with van der Waals surface area (Å²) >= 11 is 0. The number of rotatable bonds is 6. The predicted molar refractivity (Wildman–Crippen MR) is 63.6 cm³/mol. The van der Waals surface area contributed by atoms with Crippen LogP contribution in [0.5, 0.6) is 5.75 Å². The summed E-state index contributed by atoms with van der Waals surface area (Å²) in [5.74, 6) is -0.985. The number of nitro groups is 1. The molecule has 0 aliphatic carbocycles. The highest BCUT2D eigenvalue weighted by Crippen LogP contribution is 2.28. The molecule has 0 aliphatic heterocycles. The van der Waals surface area contributed by atoms with E-state index in [-0.39, 0.29) is 17.9 Å². The van der Waals surface area contributed by atoms with Crippen LogP contribution in [0.15, 0.2) is 18.2 Å². The van der Waals surface area contributed by atoms with E-state index in [9.17, 15) is 14.9 Å². The van der Waals surface area contributed by atoms with E-state index in [0.717, 1.165) is 0 Å². The Hall–Kier alpha value is -2.15. The van der Waals surface area contributed by atoms with Gasteiger partial charge in [-0.1, -0.05) is 6.07 Å². The van der Waals surface area contributed by atoms with Crippen molar-refractivity contribution in [1.82, 2.24) is 0 Å². The first kappa shape index (κ1) is 13.9. The molecular formula is C11H14N2O5. The van der Waals surface area contributed by atoms with E-state index >= 15 is 0 Å². The van der Waals surface area contributed by atoms with Crippen molar-refractivity contribution < 1.29 is 19.6 Å². The van der Waals surface area contributed by atoms with Crippen LogP contribution in [-0.2, 0) is 11.2 Å². The maximum absolute atomic E-state index is 10.8. The lowest BCUT2D eigenvalue weighted by molar-refractivity contribution is -0.385. The summed E-state index contributed by atoms with van der Waals surface area (Å²) in [6, 6.07) is 3.22. The summed E-state index contributed by atoms with van der Waals surface area (Å²) in [5.41, 5.74) is 5.67. The van der Waals surface area contributed by atoms with Crippen LogP contribution in [-0.4, -0.2) is 28.6 Å². The van der Waals surface area contributed by atoms with E-state index in [1.54, 1.807) is 13.0 Å². The molecule has 98 valence electrons. The quantitative estimate of drug-likeness (QED) is 0.576. The topological polar surface area (TPSA) is 116 Å². The number of benzene rings is 1. The number of hydrogen-bond donors (Lipinski definition) is 2. The molecule has 0 aromatic heterocycles. The molecule has 0 heterocycles. The highest BCUT2D eigenvalue weighted by molar-refractivity contribution is 5.73. The van der Waals surface area contributed by atoms with Crippen LogP contribution in [0, 0.1) is 10.1 Å². The van der Waals surface area contributed by atoms with E-state index < -0.39 is 16.9 Å². The van der Waals surface area contributed by atoms with Crippen molar-refractivity contribution in [1.29, 1.82) is 0 Å². The molecule has 0 bridgehead atoms. The molecule has 0 saturated carbocycles. The van der Waals surface area contributed by atoms with Crippen LogP contribution < -0.4 is 10.5 Å². The predicted octanol–water partition coefficient (Wildman–Crippen LogP) is 0.948. The number of ether oxygens (including phenoxy) is 1. The lowest BCUT2D eigenvalue weighted by Crippen LogP contribution is -2.32. The van der Waals surface area contributed by atoms with Gasteiger partial charge in [-0.2, -0.15) is 0 Å². The fourth-order valence-electron chi connectivity index (χ4n) is 1.45. The molecule has 18 heavy (non-hydrogen) atoms. The Kier molecular flexibility index (Phi) is 4.61. The number of carbonyl (C=O) groups is 1. The van der Waals surface area contributed by atoms with Crippen LogP contribution in [0.2, 0.25) is 0 Å². The Labute approximate surface area is 103 Å². The number of hydrogen-bond acceptors (Lipinski definition) is 5. The zero-order valence-corrected chi connectivity index (χ0v) is 9.83. The molecule has 1 unspecified atom stereocenters. The van der Waals surface area contributed by atoms with Crippen molar-refractivity contribution in [3.8, 4) is 5.75 Å². The second-order valence-corrected chi connectivity index (χ2v) is 3.64. The first-order chi connectivity index (χ1) is 8.45. The Morgan fingerprint density at radius 2 is 2.28 bits per heavy atom. The minimum absolute atomic E-state index is 0.0303. The maximum Gasteiger partial charge on any atom is 0.320 e. The second kappa shape index (κ2) is 5.97. The van der Waals surface area contributed by atoms with Gasteiger partial charge >= 0.3 is 11.7 Å². The van der Waals surface area contributed by atoms with Gasteiger partial charge in [0.2, 0.25) is 0 Å². The van der Waals surface area contributed by atoms with Gasteiger partial charge in [-0.3, -0.25) is 14.9 Å². The largest absolute Gasteiger partial charge is 0.487 e. The van der Waals surface area contributed by atoms with Gasteiger partial charge < -0.3 is 15.6 Å². The second-order valence-electron chi connectivity index (χ2n) is 3.64. The van der Waals surface area contributed by atoms with Gasteiger partial charge in [-0.05, 0) is 25.0 Å². The number of carboxylic acids is 1. The highest BCUT2D eigenvalue weighted by atomic mass is 16.6. The van der Waals surface area contributed by atoms with Crippen molar-refractivity contribution in [2.24, 2.45) is 5.73 Å². The molecule has 0 radical (unpaired) electrons. The van der Waals surface area contributed by atoms with Gasteiger partial charge in [0.1, 0.15) is 6.04 Å². The van der Waals surface area contributed by atoms with E-state index in [4.69, 9.17) is 15.6 Å². The molecule has 0 saturated heterocycles. The molecule has 0 spiro atoms. The molecule has 1 atom stereocenters. The number of nitrogens with zero attached hydrogens (tertiary/aromatic N) is 1. The van der Waals surface area contributed by atoms with Crippen LogP contribution in [0.3, 0.4) is 0 Å². The third kappa shape index (κ3) is 3.42. The molecule has 0 amide bonds. The van der Waals surface area contributed by atoms with Gasteiger partial charge in [0, 0.05) is 6.07 Å². The summed E-state index contributed by atoms with van der Waals surface area (Å²) in [6.45, 7) is 2.03. The van der Waals surface area contributed by atoms with E-state index in [1.807, 2.05) is 0 Å². The SMILES string of the molecule is CCOc1ccc(CC(N)C(=O)O)cc1[N+](=O)[O-]. The summed E-state index contributed by atoms with van der Waals surface area (Å²) in [6.07, 6.45) is 0.0303. The molecular weight excluding hydrogens is 240 g/mol. The van der Waals surface area contributed by atoms with Crippen molar-refractivity contribution in [2.75, 3.05) is 6.61 Å². The summed E-state index contributed by atoms with van der Waals surface area (Å²) in [5, 5.41) is 19.5. The fourth-order valence-corrected chi connectivity index (χ4v) is 1.45. The summed E-state index contributed by atoms with van der Waals surface area (Å²) in [4.78, 5) is 20.9. The summed E-state index contributed by atoms with van der Waals surface area (Å²) in [7, 11) is 0. The van der Waals surface area contributed by atoms with Gasteiger partial charge in [0.15, 0.2) is 5.75 Å². The molecule has 7 heteroatoms. The summed E-state index contributed by atoms with van der Waals surface area (Å²) < 4.78 is 5.12. The molecule has 1 aromatic carbocycles. The molecule has 0 aliphatic rings. The third-order valence-corrected chi connectivity index (χ3v) is 2.29. The smallest absolute Gasteiger partial charge is 0.320 e. The van der Waals surface area contributed by atoms with Crippen molar-refractivity contribution in [3.05, 3.63) is 33.9 Å². The Morgan fingerprint density at radius 3 is 2.78 bits per heavy atom. The van der Waals surface area contributed by atoms with Crippen LogP contribution in [0.4, 0.5) is 5.69 Å². The Morgan fingerprint density at radius 1 is 1.61 bits per heavy atom. The van der Waals surface area contributed by atoms with Gasteiger partial charge in [-0.25, -0.2) is 0 Å². The van der Waals surface area contributed by atoms with Crippen molar-refractivity contribution >= 4 is 11.7 Å². The van der Waals surface area contributed by atoms with Gasteiger partial charge in [0.05, 0.1) is 11.5 Å². The first-order valence-corrected chi connectivity index (χ1v) is 5.34. The number of nitro benzene ring substituents is 1. The van der Waals surface area contributed by atoms with Crippen molar-refractivity contribution in [3.63, 3.8) is 0 Å². The Bertz CT molecular complexity index is 461. The Balaban J connectivity index is 2.99. The van der Waals surface area contributed by atoms with E-state index in [0.29, 0.717) is 12.2 Å². The fraction of sp³-hybridized carbons (Fsp3) is 0.364. The van der Waals surface area contributed by atoms with Gasteiger partial charge in [-0.15, -0.1) is 0 Å². The lowest BCUT2D eigenvalue weighted by Gasteiger charge is -2.08. The molecule has 1 aromatic rings. The van der Waals surface area contributed by atoms with Crippen LogP contribution in [0.25, 0.3) is 0 Å². The molecule has 0 fully saturated rings. The van der Waals surface area contributed by atoms with E-state index in [1.165, 1.54) is 12.1 Å². The normalized spacial score (nSPS) is 11.9. The minimum atomic E-state index is -1.15. The number of aliphatic carboxylic acids is 1. The van der Waals surface area contributed by atoms with Gasteiger partial charge in [0.25, 0.3) is 0 Å². The number of carboxylic acid groups (broad SMARTS) is 1. The lowest BCUT2D eigenvalue weighted by atomic mass is 10.1. The number of nitrogens with two attached hydrogens (primary N) is 1.